The van der Waals surface area contributed by atoms with Crippen LogP contribution in [-0.2, 0) is 19.9 Å². The molecule has 31 heavy (non-hydrogen) atoms. The molecule has 3 rings (SSSR count). The number of anilines is 1. The van der Waals surface area contributed by atoms with Crippen LogP contribution >= 0.6 is 11.6 Å². The summed E-state index contributed by atoms with van der Waals surface area (Å²) in [4.78, 5) is 12.7. The number of amides is 1. The quantitative estimate of drug-likeness (QED) is 0.665. The fourth-order valence-electron chi connectivity index (χ4n) is 3.35. The predicted octanol–water partition coefficient (Wildman–Crippen LogP) is 2.53. The molecule has 1 aliphatic rings. The van der Waals surface area contributed by atoms with E-state index in [0.29, 0.717) is 17.9 Å². The number of rotatable bonds is 5. The van der Waals surface area contributed by atoms with Crippen LogP contribution in [0.2, 0.25) is 5.02 Å². The lowest BCUT2D eigenvalue weighted by Gasteiger charge is -2.21. The molecule has 12 heteroatoms. The number of benzene rings is 1. The van der Waals surface area contributed by atoms with E-state index in [4.69, 9.17) is 11.6 Å². The van der Waals surface area contributed by atoms with Gasteiger partial charge < -0.3 is 5.32 Å². The highest BCUT2D eigenvalue weighted by Gasteiger charge is 2.32. The third-order valence-electron chi connectivity index (χ3n) is 4.58. The zero-order valence-electron chi connectivity index (χ0n) is 17.6. The van der Waals surface area contributed by atoms with E-state index in [1.165, 1.54) is 22.9 Å². The number of nitrogens with one attached hydrogen (secondary N) is 2. The van der Waals surface area contributed by atoms with Crippen molar-refractivity contribution in [1.29, 1.82) is 0 Å². The van der Waals surface area contributed by atoms with Crippen molar-refractivity contribution < 1.29 is 21.6 Å². The Kier molecular flexibility index (Phi) is 6.27. The third-order valence-corrected chi connectivity index (χ3v) is 8.57. The second-order valence-electron chi connectivity index (χ2n) is 8.63. The summed E-state index contributed by atoms with van der Waals surface area (Å²) in [6.45, 7) is 6.83. The van der Waals surface area contributed by atoms with Crippen LogP contribution < -0.4 is 10.0 Å². The zero-order valence-corrected chi connectivity index (χ0v) is 20.0. The molecule has 2 aromatic rings. The van der Waals surface area contributed by atoms with Crippen molar-refractivity contribution in [1.82, 2.24) is 14.5 Å². The lowest BCUT2D eigenvalue weighted by molar-refractivity contribution is 0.102. The number of hydrogen-bond acceptors (Lipinski definition) is 6. The van der Waals surface area contributed by atoms with Crippen molar-refractivity contribution in [2.45, 2.75) is 50.6 Å². The number of sulfone groups is 1. The Morgan fingerprint density at radius 1 is 1.26 bits per heavy atom. The highest BCUT2D eigenvalue weighted by Crippen LogP contribution is 2.28. The number of aromatic nitrogens is 2. The minimum Gasteiger partial charge on any atom is -0.307 e. The number of carbonyl (C=O) groups is 1. The lowest BCUT2D eigenvalue weighted by Crippen LogP contribution is -2.40. The summed E-state index contributed by atoms with van der Waals surface area (Å²) in [7, 11) is -7.09. The Balaban J connectivity index is 1.89. The van der Waals surface area contributed by atoms with Crippen molar-refractivity contribution in [2.24, 2.45) is 0 Å². The number of hydrogen-bond donors (Lipinski definition) is 2. The van der Waals surface area contributed by atoms with Gasteiger partial charge in [0, 0.05) is 17.2 Å². The van der Waals surface area contributed by atoms with Crippen LogP contribution in [0.3, 0.4) is 0 Å². The molecule has 170 valence electrons. The van der Waals surface area contributed by atoms with E-state index in [2.05, 4.69) is 15.1 Å². The molecule has 1 saturated heterocycles. The number of halogens is 1. The fraction of sp³-hybridized carbons (Fsp3) is 0.474. The summed E-state index contributed by atoms with van der Waals surface area (Å²) >= 11 is 6.09. The second-order valence-corrected chi connectivity index (χ2v) is 12.9. The molecule has 9 nitrogen and oxygen atoms in total. The Hall–Kier alpha value is -1.95. The Labute approximate surface area is 187 Å². The van der Waals surface area contributed by atoms with Gasteiger partial charge in [-0.1, -0.05) is 11.6 Å². The fourth-order valence-corrected chi connectivity index (χ4v) is 6.99. The minimum absolute atomic E-state index is 0.00894. The minimum atomic E-state index is -3.95. The van der Waals surface area contributed by atoms with Gasteiger partial charge >= 0.3 is 0 Å². The first-order chi connectivity index (χ1) is 14.2. The monoisotopic (exact) mass is 488 g/mol. The van der Waals surface area contributed by atoms with E-state index >= 15 is 0 Å². The van der Waals surface area contributed by atoms with Gasteiger partial charge in [-0.3, -0.25) is 4.79 Å². The first-order valence-electron chi connectivity index (χ1n) is 9.58. The first-order valence-corrected chi connectivity index (χ1v) is 13.3. The van der Waals surface area contributed by atoms with E-state index in [1.807, 2.05) is 0 Å². The average Bonchev–Trinajstić information content (AvgIpc) is 3.14. The molecule has 0 saturated carbocycles. The molecular weight excluding hydrogens is 464 g/mol. The molecule has 2 heterocycles. The maximum Gasteiger partial charge on any atom is 0.256 e. The highest BCUT2D eigenvalue weighted by atomic mass is 35.5. The zero-order chi connectivity index (χ0) is 23.2. The molecule has 2 N–H and O–H groups in total. The SMILES string of the molecule is Cc1cc(NC(=O)c2ccc(Cl)c(S(=O)(=O)NC(C)(C)C)c2)n(C2CCS(=O)(=O)C2)n1. The molecular formula is C19H25ClN4O5S2. The van der Waals surface area contributed by atoms with Crippen molar-refractivity contribution in [2.75, 3.05) is 16.8 Å². The molecule has 1 fully saturated rings. The van der Waals surface area contributed by atoms with Crippen molar-refractivity contribution in [3.8, 4) is 0 Å². The predicted molar refractivity (Wildman–Crippen MR) is 119 cm³/mol. The molecule has 1 unspecified atom stereocenters. The number of nitrogens with zero attached hydrogens (tertiary/aromatic N) is 2. The van der Waals surface area contributed by atoms with Gasteiger partial charge in [0.1, 0.15) is 10.7 Å². The first kappa shape index (κ1) is 23.7. The van der Waals surface area contributed by atoms with Gasteiger partial charge in [0.15, 0.2) is 9.84 Å². The Morgan fingerprint density at radius 2 is 1.94 bits per heavy atom. The van der Waals surface area contributed by atoms with Crippen LogP contribution in [0.25, 0.3) is 0 Å². The maximum absolute atomic E-state index is 12.9. The summed E-state index contributed by atoms with van der Waals surface area (Å²) < 4.78 is 53.1. The molecule has 1 aromatic heterocycles. The van der Waals surface area contributed by atoms with Gasteiger partial charge in [-0.05, 0) is 52.3 Å². The lowest BCUT2D eigenvalue weighted by atomic mass is 10.1. The molecule has 1 aliphatic heterocycles. The van der Waals surface area contributed by atoms with E-state index < -0.39 is 31.3 Å². The largest absolute Gasteiger partial charge is 0.307 e. The Bertz CT molecular complexity index is 1230. The van der Waals surface area contributed by atoms with Gasteiger partial charge in [-0.2, -0.15) is 5.10 Å². The highest BCUT2D eigenvalue weighted by molar-refractivity contribution is 7.91. The van der Waals surface area contributed by atoms with Gasteiger partial charge in [0.2, 0.25) is 10.0 Å². The smallest absolute Gasteiger partial charge is 0.256 e. The van der Waals surface area contributed by atoms with Crippen LogP contribution in [0.15, 0.2) is 29.2 Å². The van der Waals surface area contributed by atoms with E-state index in [9.17, 15) is 21.6 Å². The number of carbonyl (C=O) groups excluding carboxylic acids is 1. The van der Waals surface area contributed by atoms with Crippen molar-refractivity contribution in [3.05, 3.63) is 40.5 Å². The van der Waals surface area contributed by atoms with Crippen LogP contribution in [0.1, 0.15) is 49.3 Å². The second kappa shape index (κ2) is 8.19. The number of aryl methyl sites for hydroxylation is 1. The summed E-state index contributed by atoms with van der Waals surface area (Å²) in [6, 6.07) is 5.24. The summed E-state index contributed by atoms with van der Waals surface area (Å²) in [5, 5.41) is 7.02. The van der Waals surface area contributed by atoms with Gasteiger partial charge in [-0.15, -0.1) is 0 Å². The molecule has 1 amide bonds. The molecule has 1 atom stereocenters. The molecule has 0 radical (unpaired) electrons. The van der Waals surface area contributed by atoms with E-state index in [0.717, 1.165) is 0 Å². The maximum atomic E-state index is 12.9. The van der Waals surface area contributed by atoms with Crippen LogP contribution in [0.4, 0.5) is 5.82 Å². The van der Waals surface area contributed by atoms with Gasteiger partial charge in [0.25, 0.3) is 5.91 Å². The standard InChI is InChI=1S/C19H25ClN4O5S2/c1-12-9-17(24(22-12)14-7-8-30(26,27)11-14)21-18(25)13-5-6-15(20)16(10-13)31(28,29)23-19(2,3)4/h5-6,9-10,14,23H,7-8,11H2,1-4H3,(H,21,25). The van der Waals surface area contributed by atoms with Crippen LogP contribution in [-0.4, -0.2) is 49.6 Å². The summed E-state index contributed by atoms with van der Waals surface area (Å²) in [6.07, 6.45) is 0.411. The van der Waals surface area contributed by atoms with Gasteiger partial charge in [-0.25, -0.2) is 26.2 Å². The normalized spacial score (nSPS) is 18.8. The van der Waals surface area contributed by atoms with E-state index in [1.54, 1.807) is 33.8 Å². The molecule has 0 spiro atoms. The Morgan fingerprint density at radius 3 is 2.52 bits per heavy atom. The van der Waals surface area contributed by atoms with Crippen LogP contribution in [0, 0.1) is 6.92 Å². The summed E-state index contributed by atoms with van der Waals surface area (Å²) in [5.74, 6) is -0.190. The average molecular weight is 489 g/mol. The number of sulfonamides is 1. The van der Waals surface area contributed by atoms with Crippen molar-refractivity contribution in [3.63, 3.8) is 0 Å². The summed E-state index contributed by atoms with van der Waals surface area (Å²) in [5.41, 5.74) is -0.0250. The van der Waals surface area contributed by atoms with Crippen LogP contribution in [0.5, 0.6) is 0 Å². The topological polar surface area (TPSA) is 127 Å². The van der Waals surface area contributed by atoms with Crippen molar-refractivity contribution >= 4 is 43.2 Å². The molecule has 1 aromatic carbocycles. The molecule has 0 bridgehead atoms. The van der Waals surface area contributed by atoms with E-state index in [-0.39, 0.29) is 33.0 Å². The third kappa shape index (κ3) is 5.65. The van der Waals surface area contributed by atoms with Gasteiger partial charge in [0.05, 0.1) is 28.3 Å². The molecule has 0 aliphatic carbocycles.